The third kappa shape index (κ3) is 5.46. The summed E-state index contributed by atoms with van der Waals surface area (Å²) in [6.45, 7) is 3.16. The summed E-state index contributed by atoms with van der Waals surface area (Å²) in [4.78, 5) is 31.6. The highest BCUT2D eigenvalue weighted by atomic mass is 32.2. The Labute approximate surface area is 184 Å². The summed E-state index contributed by atoms with van der Waals surface area (Å²) in [7, 11) is 0. The molecule has 1 aliphatic rings. The molecule has 1 atom stereocenters. The van der Waals surface area contributed by atoms with Gasteiger partial charge in [-0.3, -0.25) is 9.59 Å². The van der Waals surface area contributed by atoms with E-state index in [-0.39, 0.29) is 23.3 Å². The van der Waals surface area contributed by atoms with Crippen molar-refractivity contribution in [3.8, 4) is 22.8 Å². The highest BCUT2D eigenvalue weighted by molar-refractivity contribution is 7.99. The van der Waals surface area contributed by atoms with Crippen molar-refractivity contribution in [3.05, 3.63) is 70.5 Å². The number of aromatic amines is 1. The molecule has 2 N–H and O–H groups in total. The van der Waals surface area contributed by atoms with Crippen LogP contribution in [-0.4, -0.2) is 34.8 Å². The topological polar surface area (TPSA) is 93.3 Å². The van der Waals surface area contributed by atoms with Gasteiger partial charge in [-0.15, -0.1) is 0 Å². The van der Waals surface area contributed by atoms with E-state index in [4.69, 9.17) is 9.47 Å². The van der Waals surface area contributed by atoms with Crippen molar-refractivity contribution < 1.29 is 14.3 Å². The van der Waals surface area contributed by atoms with Gasteiger partial charge in [0.15, 0.2) is 16.7 Å². The fourth-order valence-electron chi connectivity index (χ4n) is 3.21. The van der Waals surface area contributed by atoms with Gasteiger partial charge in [-0.2, -0.15) is 0 Å². The number of benzene rings is 2. The quantitative estimate of drug-likeness (QED) is 0.452. The minimum atomic E-state index is -0.252. The van der Waals surface area contributed by atoms with Crippen LogP contribution in [0.5, 0.6) is 11.5 Å². The number of fused-ring (bicyclic) bond motifs is 1. The zero-order valence-corrected chi connectivity index (χ0v) is 17.9. The third-order valence-corrected chi connectivity index (χ3v) is 5.65. The molecule has 160 valence electrons. The number of hydrogen-bond acceptors (Lipinski definition) is 6. The Morgan fingerprint density at radius 2 is 1.90 bits per heavy atom. The first kappa shape index (κ1) is 21.0. The van der Waals surface area contributed by atoms with Crippen LogP contribution >= 0.6 is 11.8 Å². The highest BCUT2D eigenvalue weighted by Gasteiger charge is 2.16. The van der Waals surface area contributed by atoms with Crippen LogP contribution in [0.1, 0.15) is 24.9 Å². The predicted molar refractivity (Wildman–Crippen MR) is 120 cm³/mol. The summed E-state index contributed by atoms with van der Waals surface area (Å²) in [5.41, 5.74) is 2.10. The van der Waals surface area contributed by atoms with E-state index in [0.717, 1.165) is 23.3 Å². The Kier molecular flexibility index (Phi) is 6.57. The van der Waals surface area contributed by atoms with Gasteiger partial charge in [-0.1, -0.05) is 48.2 Å². The zero-order valence-electron chi connectivity index (χ0n) is 17.1. The molecule has 0 fully saturated rings. The Morgan fingerprint density at radius 3 is 2.71 bits per heavy atom. The molecular weight excluding hydrogens is 414 g/mol. The van der Waals surface area contributed by atoms with Gasteiger partial charge in [0.1, 0.15) is 0 Å². The van der Waals surface area contributed by atoms with Crippen LogP contribution in [-0.2, 0) is 4.79 Å². The molecular formula is C23H23N3O4S. The number of nitrogens with zero attached hydrogens (tertiary/aromatic N) is 1. The summed E-state index contributed by atoms with van der Waals surface area (Å²) < 4.78 is 11.4. The molecule has 1 amide bonds. The fraction of sp³-hybridized carbons (Fsp3) is 0.261. The Hall–Kier alpha value is -3.26. The Balaban J connectivity index is 1.38. The summed E-state index contributed by atoms with van der Waals surface area (Å²) in [6, 6.07) is 16.4. The average molecular weight is 438 g/mol. The normalized spacial score (nSPS) is 13.8. The van der Waals surface area contributed by atoms with Crippen molar-refractivity contribution in [3.63, 3.8) is 0 Å². The number of nitrogens with one attached hydrogen (secondary N) is 2. The van der Waals surface area contributed by atoms with Gasteiger partial charge in [-0.25, -0.2) is 4.98 Å². The maximum atomic E-state index is 12.5. The van der Waals surface area contributed by atoms with Gasteiger partial charge in [0, 0.05) is 18.1 Å². The molecule has 0 spiro atoms. The maximum absolute atomic E-state index is 12.5. The zero-order chi connectivity index (χ0) is 21.6. The number of ether oxygens (including phenoxy) is 2. The molecule has 0 radical (unpaired) electrons. The lowest BCUT2D eigenvalue weighted by atomic mass is 10.1. The molecule has 0 saturated carbocycles. The number of amides is 1. The Bertz CT molecular complexity index is 1120. The van der Waals surface area contributed by atoms with Crippen molar-refractivity contribution in [2.24, 2.45) is 0 Å². The van der Waals surface area contributed by atoms with Gasteiger partial charge < -0.3 is 19.8 Å². The number of carbonyl (C=O) groups is 1. The smallest absolute Gasteiger partial charge is 0.252 e. The van der Waals surface area contributed by atoms with Crippen LogP contribution in [0.4, 0.5) is 0 Å². The van der Waals surface area contributed by atoms with Gasteiger partial charge >= 0.3 is 0 Å². The van der Waals surface area contributed by atoms with E-state index in [2.05, 4.69) is 15.3 Å². The lowest BCUT2D eigenvalue weighted by molar-refractivity contribution is -0.119. The standard InChI is InChI=1S/C23H23N3O4S/c1-15(17-8-9-19-20(12-17)30-11-5-10-29-19)24-22(28)14-31-23-25-18(13-21(27)26-23)16-6-3-2-4-7-16/h2-4,6-9,12-13,15H,5,10-11,14H2,1H3,(H,24,28)(H,25,26,27)/t15-/m1/s1. The van der Waals surface area contributed by atoms with Crippen LogP contribution in [0.25, 0.3) is 11.3 Å². The molecule has 7 nitrogen and oxygen atoms in total. The average Bonchev–Trinajstić information content (AvgIpc) is 3.03. The number of hydrogen-bond donors (Lipinski definition) is 2. The molecule has 4 rings (SSSR count). The van der Waals surface area contributed by atoms with E-state index in [9.17, 15) is 9.59 Å². The third-order valence-electron chi connectivity index (χ3n) is 4.78. The van der Waals surface area contributed by atoms with Gasteiger partial charge in [-0.05, 0) is 24.6 Å². The minimum Gasteiger partial charge on any atom is -0.490 e. The van der Waals surface area contributed by atoms with Crippen molar-refractivity contribution in [1.29, 1.82) is 0 Å². The van der Waals surface area contributed by atoms with E-state index < -0.39 is 0 Å². The number of thioether (sulfide) groups is 1. The maximum Gasteiger partial charge on any atom is 0.252 e. The monoisotopic (exact) mass is 437 g/mol. The number of aromatic nitrogens is 2. The molecule has 2 aromatic carbocycles. The number of H-pyrrole nitrogens is 1. The van der Waals surface area contributed by atoms with E-state index in [1.54, 1.807) is 0 Å². The molecule has 8 heteroatoms. The highest BCUT2D eigenvalue weighted by Crippen LogP contribution is 2.32. The van der Waals surface area contributed by atoms with Crippen LogP contribution in [0.3, 0.4) is 0 Å². The van der Waals surface area contributed by atoms with Crippen molar-refractivity contribution in [2.45, 2.75) is 24.5 Å². The minimum absolute atomic E-state index is 0.135. The summed E-state index contributed by atoms with van der Waals surface area (Å²) in [5.74, 6) is 1.40. The second-order valence-corrected chi connectivity index (χ2v) is 8.10. The number of rotatable bonds is 6. The van der Waals surface area contributed by atoms with E-state index >= 15 is 0 Å². The molecule has 3 aromatic rings. The predicted octanol–water partition coefficient (Wildman–Crippen LogP) is 3.57. The molecule has 0 unspecified atom stereocenters. The van der Waals surface area contributed by atoms with E-state index in [0.29, 0.717) is 29.8 Å². The van der Waals surface area contributed by atoms with E-state index in [1.165, 1.54) is 17.8 Å². The van der Waals surface area contributed by atoms with Crippen molar-refractivity contribution in [1.82, 2.24) is 15.3 Å². The molecule has 31 heavy (non-hydrogen) atoms. The second kappa shape index (κ2) is 9.70. The van der Waals surface area contributed by atoms with Gasteiger partial charge in [0.25, 0.3) is 5.56 Å². The number of carbonyl (C=O) groups excluding carboxylic acids is 1. The van der Waals surface area contributed by atoms with Crippen molar-refractivity contribution in [2.75, 3.05) is 19.0 Å². The molecule has 1 aliphatic heterocycles. The van der Waals surface area contributed by atoms with Crippen LogP contribution in [0.15, 0.2) is 64.5 Å². The Morgan fingerprint density at radius 1 is 1.13 bits per heavy atom. The molecule has 2 heterocycles. The van der Waals surface area contributed by atoms with E-state index in [1.807, 2.05) is 55.5 Å². The molecule has 0 bridgehead atoms. The molecule has 0 saturated heterocycles. The van der Waals surface area contributed by atoms with Gasteiger partial charge in [0.2, 0.25) is 5.91 Å². The lowest BCUT2D eigenvalue weighted by Crippen LogP contribution is -2.28. The lowest BCUT2D eigenvalue weighted by Gasteiger charge is -2.16. The first-order valence-electron chi connectivity index (χ1n) is 10.1. The summed E-state index contributed by atoms with van der Waals surface area (Å²) >= 11 is 1.19. The fourth-order valence-corrected chi connectivity index (χ4v) is 3.90. The summed E-state index contributed by atoms with van der Waals surface area (Å²) in [5, 5.41) is 3.38. The first-order valence-corrected chi connectivity index (χ1v) is 11.1. The molecule has 0 aliphatic carbocycles. The molecule has 1 aromatic heterocycles. The van der Waals surface area contributed by atoms with Crippen LogP contribution in [0.2, 0.25) is 0 Å². The van der Waals surface area contributed by atoms with Gasteiger partial charge in [0.05, 0.1) is 30.7 Å². The SMILES string of the molecule is C[C@@H](NC(=O)CSc1nc(-c2ccccc2)cc(=O)[nH]1)c1ccc2c(c1)OCCCO2. The van der Waals surface area contributed by atoms with Crippen LogP contribution < -0.4 is 20.3 Å². The second-order valence-electron chi connectivity index (χ2n) is 7.14. The first-order chi connectivity index (χ1) is 15.1. The van der Waals surface area contributed by atoms with Crippen LogP contribution in [0, 0.1) is 0 Å². The van der Waals surface area contributed by atoms with Crippen molar-refractivity contribution >= 4 is 17.7 Å². The largest absolute Gasteiger partial charge is 0.490 e. The summed E-state index contributed by atoms with van der Waals surface area (Å²) in [6.07, 6.45) is 0.842.